The maximum atomic E-state index is 13.9. The SMILES string of the molecule is CCOC(=O)C1=C(C)N=c2s/c(=C\c3ccc(-c4ccc([N+](=O)[O-])cc4OC)o3)c(=O)n2C1c1ccc(OC)c(Br)c1. The van der Waals surface area contributed by atoms with Gasteiger partial charge in [0.2, 0.25) is 0 Å². The summed E-state index contributed by atoms with van der Waals surface area (Å²) in [5.74, 6) is 1.10. The third-order valence-electron chi connectivity index (χ3n) is 6.57. The number of carbonyl (C=O) groups excluding carboxylic acids is 1. The quantitative estimate of drug-likeness (QED) is 0.151. The van der Waals surface area contributed by atoms with Gasteiger partial charge in [-0.25, -0.2) is 9.79 Å². The second kappa shape index (κ2) is 11.8. The number of fused-ring (bicyclic) bond motifs is 1. The molecule has 42 heavy (non-hydrogen) atoms. The number of nitro benzene ring substituents is 1. The molecule has 1 atom stereocenters. The van der Waals surface area contributed by atoms with Gasteiger partial charge in [0.15, 0.2) is 4.80 Å². The van der Waals surface area contributed by atoms with E-state index in [4.69, 9.17) is 18.6 Å². The van der Waals surface area contributed by atoms with Crippen LogP contribution in [0.25, 0.3) is 17.4 Å². The summed E-state index contributed by atoms with van der Waals surface area (Å²) in [6, 6.07) is 12.1. The lowest BCUT2D eigenvalue weighted by Gasteiger charge is -2.25. The highest BCUT2D eigenvalue weighted by atomic mass is 79.9. The fourth-order valence-electron chi connectivity index (χ4n) is 4.66. The second-order valence-corrected chi connectivity index (χ2v) is 10.9. The van der Waals surface area contributed by atoms with Crippen LogP contribution < -0.4 is 24.4 Å². The van der Waals surface area contributed by atoms with Gasteiger partial charge in [0.25, 0.3) is 11.2 Å². The molecule has 0 saturated carbocycles. The van der Waals surface area contributed by atoms with Gasteiger partial charge in [0.05, 0.1) is 63.7 Å². The summed E-state index contributed by atoms with van der Waals surface area (Å²) < 4.78 is 24.5. The fourth-order valence-corrected chi connectivity index (χ4v) is 6.25. The van der Waals surface area contributed by atoms with E-state index in [1.807, 2.05) is 0 Å². The number of esters is 1. The minimum absolute atomic E-state index is 0.112. The molecular formula is C29H24BrN3O8S. The van der Waals surface area contributed by atoms with Crippen molar-refractivity contribution in [1.82, 2.24) is 4.57 Å². The van der Waals surface area contributed by atoms with Crippen LogP contribution in [0.15, 0.2) is 78.5 Å². The maximum Gasteiger partial charge on any atom is 0.338 e. The van der Waals surface area contributed by atoms with Crippen molar-refractivity contribution in [3.05, 3.63) is 105 Å². The first-order valence-corrected chi connectivity index (χ1v) is 14.2. The Bertz CT molecular complexity index is 1940. The summed E-state index contributed by atoms with van der Waals surface area (Å²) in [7, 11) is 2.96. The Hall–Kier alpha value is -4.49. The van der Waals surface area contributed by atoms with E-state index in [9.17, 15) is 19.7 Å². The van der Waals surface area contributed by atoms with Crippen molar-refractivity contribution < 1.29 is 28.3 Å². The number of non-ortho nitro benzene ring substituents is 1. The number of rotatable bonds is 8. The second-order valence-electron chi connectivity index (χ2n) is 9.04. The number of hydrogen-bond donors (Lipinski definition) is 0. The van der Waals surface area contributed by atoms with Gasteiger partial charge < -0.3 is 18.6 Å². The van der Waals surface area contributed by atoms with Gasteiger partial charge in [-0.1, -0.05) is 17.4 Å². The minimum atomic E-state index is -0.791. The molecule has 1 unspecified atom stereocenters. The van der Waals surface area contributed by atoms with Crippen LogP contribution >= 0.6 is 27.3 Å². The number of nitrogens with zero attached hydrogens (tertiary/aromatic N) is 3. The molecule has 2 aromatic heterocycles. The van der Waals surface area contributed by atoms with Crippen LogP contribution in [0.4, 0.5) is 5.69 Å². The fraction of sp³-hybridized carbons (Fsp3) is 0.207. The van der Waals surface area contributed by atoms with Crippen LogP contribution in [-0.4, -0.2) is 36.3 Å². The van der Waals surface area contributed by atoms with E-state index >= 15 is 0 Å². The average Bonchev–Trinajstić information content (AvgIpc) is 3.55. The van der Waals surface area contributed by atoms with Gasteiger partial charge in [-0.05, 0) is 65.7 Å². The Balaban J connectivity index is 1.62. The zero-order chi connectivity index (χ0) is 30.1. The summed E-state index contributed by atoms with van der Waals surface area (Å²) in [4.78, 5) is 42.6. The Labute approximate surface area is 251 Å². The minimum Gasteiger partial charge on any atom is -0.496 e. The van der Waals surface area contributed by atoms with Gasteiger partial charge in [-0.2, -0.15) is 0 Å². The molecule has 0 fully saturated rings. The van der Waals surface area contributed by atoms with Crippen molar-refractivity contribution in [2.24, 2.45) is 4.99 Å². The van der Waals surface area contributed by atoms with Gasteiger partial charge in [-0.3, -0.25) is 19.5 Å². The van der Waals surface area contributed by atoms with E-state index in [0.29, 0.717) is 47.9 Å². The van der Waals surface area contributed by atoms with Crippen molar-refractivity contribution in [2.45, 2.75) is 19.9 Å². The predicted octanol–water partition coefficient (Wildman–Crippen LogP) is 4.75. The van der Waals surface area contributed by atoms with Crippen LogP contribution in [0.2, 0.25) is 0 Å². The highest BCUT2D eigenvalue weighted by Crippen LogP contribution is 2.36. The third-order valence-corrected chi connectivity index (χ3v) is 8.17. The van der Waals surface area contributed by atoms with Crippen LogP contribution in [0, 0.1) is 10.1 Å². The number of nitro groups is 1. The molecule has 1 aliphatic heterocycles. The standard InChI is InChI=1S/C29H24BrN3O8S/c1-5-40-28(35)25-15(2)31-29-32(26(25)16-6-10-22(38-3)20(30)12-16)27(34)24(42-29)14-18-8-11-21(41-18)19-9-7-17(33(36)37)13-23(19)39-4/h6-14,26H,5H2,1-4H3/b24-14-. The summed E-state index contributed by atoms with van der Waals surface area (Å²) >= 11 is 4.66. The summed E-state index contributed by atoms with van der Waals surface area (Å²) in [5.41, 5.74) is 1.42. The Morgan fingerprint density at radius 3 is 2.60 bits per heavy atom. The monoisotopic (exact) mass is 653 g/mol. The number of aromatic nitrogens is 1. The van der Waals surface area contributed by atoms with Gasteiger partial charge >= 0.3 is 5.97 Å². The van der Waals surface area contributed by atoms with Crippen molar-refractivity contribution in [2.75, 3.05) is 20.8 Å². The molecule has 1 aliphatic rings. The first-order valence-electron chi connectivity index (χ1n) is 12.6. The van der Waals surface area contributed by atoms with Crippen molar-refractivity contribution in [3.63, 3.8) is 0 Å². The van der Waals surface area contributed by atoms with Crippen LogP contribution in [0.5, 0.6) is 11.5 Å². The molecule has 0 bridgehead atoms. The van der Waals surface area contributed by atoms with E-state index in [-0.39, 0.29) is 29.2 Å². The first kappa shape index (κ1) is 29.0. The predicted molar refractivity (Wildman–Crippen MR) is 158 cm³/mol. The van der Waals surface area contributed by atoms with E-state index in [0.717, 1.165) is 11.3 Å². The summed E-state index contributed by atoms with van der Waals surface area (Å²) in [5, 5.41) is 11.2. The van der Waals surface area contributed by atoms with Crippen molar-refractivity contribution in [1.29, 1.82) is 0 Å². The number of hydrogen-bond acceptors (Lipinski definition) is 10. The number of halogens is 1. The smallest absolute Gasteiger partial charge is 0.338 e. The van der Waals surface area contributed by atoms with Crippen molar-refractivity contribution >= 4 is 45.0 Å². The van der Waals surface area contributed by atoms with Crippen molar-refractivity contribution in [3.8, 4) is 22.8 Å². The summed E-state index contributed by atoms with van der Waals surface area (Å²) in [6.45, 7) is 3.59. The Morgan fingerprint density at radius 2 is 1.93 bits per heavy atom. The number of carbonyl (C=O) groups is 1. The number of ether oxygens (including phenoxy) is 3. The maximum absolute atomic E-state index is 13.9. The molecule has 4 aromatic rings. The number of furan rings is 1. The average molecular weight is 654 g/mol. The van der Waals surface area contributed by atoms with Crippen LogP contribution in [-0.2, 0) is 9.53 Å². The molecule has 11 nitrogen and oxygen atoms in total. The Kier molecular flexibility index (Phi) is 8.14. The number of thiazole rings is 1. The largest absolute Gasteiger partial charge is 0.496 e. The molecule has 0 radical (unpaired) electrons. The molecule has 0 amide bonds. The molecule has 13 heteroatoms. The normalized spacial score (nSPS) is 14.8. The van der Waals surface area contributed by atoms with E-state index in [1.165, 1.54) is 23.8 Å². The number of methoxy groups -OCH3 is 2. The van der Waals surface area contributed by atoms with E-state index in [2.05, 4.69) is 20.9 Å². The third kappa shape index (κ3) is 5.28. The van der Waals surface area contributed by atoms with E-state index in [1.54, 1.807) is 63.4 Å². The molecule has 2 aromatic carbocycles. The molecule has 0 spiro atoms. The van der Waals surface area contributed by atoms with Gasteiger partial charge in [0.1, 0.15) is 23.0 Å². The number of benzene rings is 2. The molecule has 3 heterocycles. The topological polar surface area (TPSA) is 135 Å². The highest BCUT2D eigenvalue weighted by molar-refractivity contribution is 9.10. The molecule has 0 N–H and O–H groups in total. The highest BCUT2D eigenvalue weighted by Gasteiger charge is 2.33. The molecule has 0 saturated heterocycles. The molecule has 216 valence electrons. The Morgan fingerprint density at radius 1 is 1.17 bits per heavy atom. The molecular weight excluding hydrogens is 630 g/mol. The van der Waals surface area contributed by atoms with Gasteiger partial charge in [0, 0.05) is 12.1 Å². The number of allylic oxidation sites excluding steroid dienone is 1. The summed E-state index contributed by atoms with van der Waals surface area (Å²) in [6.07, 6.45) is 1.59. The van der Waals surface area contributed by atoms with Gasteiger partial charge in [-0.15, -0.1) is 0 Å². The molecule has 0 aliphatic carbocycles. The lowest BCUT2D eigenvalue weighted by atomic mass is 9.96. The first-order chi connectivity index (χ1) is 20.2. The lowest BCUT2D eigenvalue weighted by Crippen LogP contribution is -2.39. The van der Waals surface area contributed by atoms with Crippen LogP contribution in [0.3, 0.4) is 0 Å². The zero-order valence-corrected chi connectivity index (χ0v) is 25.3. The molecule has 5 rings (SSSR count). The van der Waals surface area contributed by atoms with E-state index < -0.39 is 16.9 Å². The van der Waals surface area contributed by atoms with Crippen LogP contribution in [0.1, 0.15) is 31.2 Å². The zero-order valence-electron chi connectivity index (χ0n) is 22.9. The lowest BCUT2D eigenvalue weighted by molar-refractivity contribution is -0.384.